The van der Waals surface area contributed by atoms with Crippen LogP contribution in [0.3, 0.4) is 0 Å². The van der Waals surface area contributed by atoms with E-state index in [1.807, 2.05) is 31.2 Å². The number of benzene rings is 1. The van der Waals surface area contributed by atoms with Crippen molar-refractivity contribution >= 4 is 40.4 Å². The molecule has 5 heteroatoms. The van der Waals surface area contributed by atoms with Gasteiger partial charge in [-0.25, -0.2) is 4.98 Å². The maximum absolute atomic E-state index is 12.1. The normalized spacial score (nSPS) is 10.9. The lowest BCUT2D eigenvalue weighted by atomic mass is 10.1. The number of carbonyl (C=O) groups excluding carboxylic acids is 1. The Hall–Kier alpha value is -1.85. The van der Waals surface area contributed by atoms with Gasteiger partial charge in [0, 0.05) is 0 Å². The molecule has 0 saturated carbocycles. The van der Waals surface area contributed by atoms with Gasteiger partial charge in [-0.05, 0) is 25.5 Å². The Morgan fingerprint density at radius 1 is 1.30 bits per heavy atom. The molecule has 102 valence electrons. The van der Waals surface area contributed by atoms with E-state index < -0.39 is 0 Å². The zero-order chi connectivity index (χ0) is 14.7. The third-order valence-electron chi connectivity index (χ3n) is 2.74. The van der Waals surface area contributed by atoms with Crippen molar-refractivity contribution in [3.05, 3.63) is 57.0 Å². The molecule has 0 amide bonds. The Morgan fingerprint density at radius 3 is 2.50 bits per heavy atom. The topological polar surface area (TPSA) is 56.0 Å². The van der Waals surface area contributed by atoms with Gasteiger partial charge in [0.05, 0.1) is 10.6 Å². The SMILES string of the molecule is Cc1ccc(C=CC(=O)c2sc(C(N)=S)nc2C)cc1. The molecule has 0 bridgehead atoms. The van der Waals surface area contributed by atoms with Gasteiger partial charge >= 0.3 is 0 Å². The molecule has 0 atom stereocenters. The van der Waals surface area contributed by atoms with Crippen LogP contribution in [0.5, 0.6) is 0 Å². The first-order valence-electron chi connectivity index (χ1n) is 6.03. The molecule has 0 radical (unpaired) electrons. The monoisotopic (exact) mass is 302 g/mol. The summed E-state index contributed by atoms with van der Waals surface area (Å²) in [7, 11) is 0. The molecule has 0 aliphatic heterocycles. The largest absolute Gasteiger partial charge is 0.387 e. The standard InChI is InChI=1S/C15H14N2OS2/c1-9-3-5-11(6-4-9)7-8-12(18)13-10(2)17-15(20-13)14(16)19/h3-8H,1-2H3,(H2,16,19). The summed E-state index contributed by atoms with van der Waals surface area (Å²) in [4.78, 5) is 17.1. The van der Waals surface area contributed by atoms with Crippen molar-refractivity contribution in [2.75, 3.05) is 0 Å². The van der Waals surface area contributed by atoms with Crippen molar-refractivity contribution in [2.45, 2.75) is 13.8 Å². The highest BCUT2D eigenvalue weighted by molar-refractivity contribution is 7.81. The first-order chi connectivity index (χ1) is 9.47. The van der Waals surface area contributed by atoms with Crippen LogP contribution in [-0.2, 0) is 0 Å². The molecule has 0 aliphatic carbocycles. The number of nitrogens with zero attached hydrogens (tertiary/aromatic N) is 1. The van der Waals surface area contributed by atoms with Gasteiger partial charge in [0.2, 0.25) is 0 Å². The lowest BCUT2D eigenvalue weighted by Gasteiger charge is -1.95. The molecule has 1 aromatic carbocycles. The fourth-order valence-electron chi connectivity index (χ4n) is 1.66. The molecule has 2 aromatic rings. The zero-order valence-corrected chi connectivity index (χ0v) is 12.8. The highest BCUT2D eigenvalue weighted by Crippen LogP contribution is 2.19. The van der Waals surface area contributed by atoms with Gasteiger partial charge in [-0.2, -0.15) is 0 Å². The minimum atomic E-state index is -0.0805. The van der Waals surface area contributed by atoms with Crippen molar-refractivity contribution in [2.24, 2.45) is 5.73 Å². The van der Waals surface area contributed by atoms with Crippen LogP contribution in [0, 0.1) is 13.8 Å². The van der Waals surface area contributed by atoms with E-state index in [2.05, 4.69) is 4.98 Å². The Kier molecular flexibility index (Phi) is 4.42. The third kappa shape index (κ3) is 3.37. The van der Waals surface area contributed by atoms with E-state index in [-0.39, 0.29) is 10.8 Å². The number of aromatic nitrogens is 1. The van der Waals surface area contributed by atoms with Crippen molar-refractivity contribution in [3.63, 3.8) is 0 Å². The van der Waals surface area contributed by atoms with Gasteiger partial charge < -0.3 is 5.73 Å². The smallest absolute Gasteiger partial charge is 0.197 e. The fraction of sp³-hybridized carbons (Fsp3) is 0.133. The number of carbonyl (C=O) groups is 1. The Balaban J connectivity index is 2.19. The molecule has 2 rings (SSSR count). The van der Waals surface area contributed by atoms with E-state index in [9.17, 15) is 4.79 Å². The molecule has 0 saturated heterocycles. The van der Waals surface area contributed by atoms with Crippen LogP contribution in [0.15, 0.2) is 30.3 Å². The molecule has 0 aliphatic rings. The molecule has 20 heavy (non-hydrogen) atoms. The second kappa shape index (κ2) is 6.07. The lowest BCUT2D eigenvalue weighted by Crippen LogP contribution is -2.08. The molecular weight excluding hydrogens is 288 g/mol. The van der Waals surface area contributed by atoms with Crippen LogP contribution in [0.25, 0.3) is 6.08 Å². The minimum absolute atomic E-state index is 0.0805. The number of nitrogens with two attached hydrogens (primary N) is 1. The minimum Gasteiger partial charge on any atom is -0.387 e. The molecule has 2 N–H and O–H groups in total. The molecule has 3 nitrogen and oxygen atoms in total. The fourth-order valence-corrected chi connectivity index (χ4v) is 2.66. The van der Waals surface area contributed by atoms with E-state index in [0.29, 0.717) is 15.6 Å². The van der Waals surface area contributed by atoms with Crippen LogP contribution in [0.1, 0.15) is 31.5 Å². The number of hydrogen-bond donors (Lipinski definition) is 1. The second-order valence-corrected chi connectivity index (χ2v) is 5.84. The van der Waals surface area contributed by atoms with Crippen LogP contribution >= 0.6 is 23.6 Å². The number of aryl methyl sites for hydroxylation is 2. The van der Waals surface area contributed by atoms with E-state index in [4.69, 9.17) is 18.0 Å². The maximum atomic E-state index is 12.1. The molecule has 1 heterocycles. The summed E-state index contributed by atoms with van der Waals surface area (Å²) in [6, 6.07) is 7.96. The summed E-state index contributed by atoms with van der Waals surface area (Å²) >= 11 is 6.11. The summed E-state index contributed by atoms with van der Waals surface area (Å²) < 4.78 is 0. The second-order valence-electron chi connectivity index (χ2n) is 4.41. The first-order valence-corrected chi connectivity index (χ1v) is 7.26. The van der Waals surface area contributed by atoms with Crippen molar-refractivity contribution in [1.82, 2.24) is 4.98 Å². The number of allylic oxidation sites excluding steroid dienone is 1. The number of ketones is 1. The van der Waals surface area contributed by atoms with Crippen LogP contribution in [0.2, 0.25) is 0 Å². The molecule has 0 unspecified atom stereocenters. The first kappa shape index (κ1) is 14.6. The third-order valence-corrected chi connectivity index (χ3v) is 4.26. The average Bonchev–Trinajstić information content (AvgIpc) is 2.80. The van der Waals surface area contributed by atoms with Crippen molar-refractivity contribution in [3.8, 4) is 0 Å². The van der Waals surface area contributed by atoms with E-state index in [1.165, 1.54) is 16.9 Å². The number of hydrogen-bond acceptors (Lipinski definition) is 4. The van der Waals surface area contributed by atoms with Gasteiger partial charge in [0.15, 0.2) is 10.8 Å². The number of rotatable bonds is 4. The van der Waals surface area contributed by atoms with Crippen LogP contribution in [-0.4, -0.2) is 15.8 Å². The lowest BCUT2D eigenvalue weighted by molar-refractivity contribution is 0.105. The van der Waals surface area contributed by atoms with Crippen molar-refractivity contribution < 1.29 is 4.79 Å². The highest BCUT2D eigenvalue weighted by atomic mass is 32.1. The number of thiazole rings is 1. The summed E-state index contributed by atoms with van der Waals surface area (Å²) in [6.07, 6.45) is 3.34. The van der Waals surface area contributed by atoms with Crippen molar-refractivity contribution in [1.29, 1.82) is 0 Å². The number of thiocarbonyl (C=S) groups is 1. The van der Waals surface area contributed by atoms with Gasteiger partial charge in [0.1, 0.15) is 4.99 Å². The van der Waals surface area contributed by atoms with Gasteiger partial charge in [-0.15, -0.1) is 11.3 Å². The van der Waals surface area contributed by atoms with Crippen LogP contribution in [0.4, 0.5) is 0 Å². The summed E-state index contributed by atoms with van der Waals surface area (Å²) in [6.45, 7) is 3.81. The van der Waals surface area contributed by atoms with E-state index in [0.717, 1.165) is 5.56 Å². The molecule has 1 aromatic heterocycles. The quantitative estimate of drug-likeness (QED) is 0.535. The predicted octanol–water partition coefficient (Wildman–Crippen LogP) is 3.29. The molecule has 0 fully saturated rings. The molecule has 0 spiro atoms. The summed E-state index contributed by atoms with van der Waals surface area (Å²) in [5.41, 5.74) is 8.36. The summed E-state index contributed by atoms with van der Waals surface area (Å²) in [5.74, 6) is -0.0805. The van der Waals surface area contributed by atoms with E-state index >= 15 is 0 Å². The Labute approximate surface area is 127 Å². The van der Waals surface area contributed by atoms with Gasteiger partial charge in [0.25, 0.3) is 0 Å². The average molecular weight is 302 g/mol. The zero-order valence-electron chi connectivity index (χ0n) is 11.2. The Bertz CT molecular complexity index is 684. The van der Waals surface area contributed by atoms with Crippen LogP contribution < -0.4 is 5.73 Å². The molecular formula is C15H14N2OS2. The Morgan fingerprint density at radius 2 is 1.95 bits per heavy atom. The highest BCUT2D eigenvalue weighted by Gasteiger charge is 2.14. The maximum Gasteiger partial charge on any atom is 0.197 e. The van der Waals surface area contributed by atoms with Gasteiger partial charge in [-0.1, -0.05) is 48.1 Å². The van der Waals surface area contributed by atoms with E-state index in [1.54, 1.807) is 19.1 Å². The summed E-state index contributed by atoms with van der Waals surface area (Å²) in [5, 5.41) is 0.532. The van der Waals surface area contributed by atoms with Gasteiger partial charge in [-0.3, -0.25) is 4.79 Å². The predicted molar refractivity (Wildman–Crippen MR) is 87.3 cm³/mol.